The molecule has 0 atom stereocenters. The summed E-state index contributed by atoms with van der Waals surface area (Å²) < 4.78 is 38.1. The van der Waals surface area contributed by atoms with Gasteiger partial charge in [0.2, 0.25) is 0 Å². The Morgan fingerprint density at radius 3 is 2.53 bits per heavy atom. The number of sulfonamides is 1. The molecule has 0 radical (unpaired) electrons. The number of ether oxygens (including phenoxy) is 2. The molecule has 0 aromatic heterocycles. The fourth-order valence-electron chi connectivity index (χ4n) is 2.88. The van der Waals surface area contributed by atoms with Crippen LogP contribution < -0.4 is 19.6 Å². The van der Waals surface area contributed by atoms with E-state index in [1.807, 2.05) is 0 Å². The Morgan fingerprint density at radius 2 is 1.88 bits per heavy atom. The Balaban J connectivity index is 1.82. The van der Waals surface area contributed by atoms with Crippen LogP contribution in [0.2, 0.25) is 0 Å². The van der Waals surface area contributed by atoms with Gasteiger partial charge in [-0.25, -0.2) is 8.42 Å². The number of hydrogen-bond donors (Lipinski definition) is 3. The molecule has 12 heteroatoms. The number of hydrogen-bond acceptors (Lipinski definition) is 9. The number of nitrogens with one attached hydrogen (secondary N) is 2. The highest BCUT2D eigenvalue weighted by Gasteiger charge is 2.21. The van der Waals surface area contributed by atoms with Gasteiger partial charge in [0.25, 0.3) is 15.7 Å². The standard InChI is InChI=1S/C22H22N4O7S/c1-3-33-21-6-4-5-15(22(21)27)14-23-24-19-12-11-18(13-20(19)26(28)29)34(30,31)25-16-7-9-17(32-2)10-8-16/h4-14,24-25,27H,3H2,1-2H3. The van der Waals surface area contributed by atoms with Gasteiger partial charge in [-0.1, -0.05) is 6.07 Å². The van der Waals surface area contributed by atoms with Gasteiger partial charge in [0.05, 0.1) is 29.8 Å². The van der Waals surface area contributed by atoms with Gasteiger partial charge in [-0.2, -0.15) is 5.10 Å². The van der Waals surface area contributed by atoms with Crippen molar-refractivity contribution in [3.63, 3.8) is 0 Å². The first-order valence-corrected chi connectivity index (χ1v) is 11.4. The van der Waals surface area contributed by atoms with Gasteiger partial charge >= 0.3 is 0 Å². The molecule has 0 aliphatic heterocycles. The predicted octanol–water partition coefficient (Wildman–Crippen LogP) is 3.95. The number of nitro benzene ring substituents is 1. The number of nitro groups is 1. The fourth-order valence-corrected chi connectivity index (χ4v) is 3.96. The molecule has 34 heavy (non-hydrogen) atoms. The Morgan fingerprint density at radius 1 is 1.15 bits per heavy atom. The zero-order valence-electron chi connectivity index (χ0n) is 18.3. The molecular formula is C22H22N4O7S. The Labute approximate surface area is 195 Å². The lowest BCUT2D eigenvalue weighted by molar-refractivity contribution is -0.384. The van der Waals surface area contributed by atoms with Crippen molar-refractivity contribution in [2.24, 2.45) is 5.10 Å². The first-order chi connectivity index (χ1) is 16.2. The van der Waals surface area contributed by atoms with Crippen LogP contribution in [0.1, 0.15) is 12.5 Å². The van der Waals surface area contributed by atoms with Crippen LogP contribution in [0.5, 0.6) is 17.2 Å². The summed E-state index contributed by atoms with van der Waals surface area (Å²) in [7, 11) is -2.61. The van der Waals surface area contributed by atoms with E-state index in [-0.39, 0.29) is 27.8 Å². The van der Waals surface area contributed by atoms with Gasteiger partial charge in [-0.3, -0.25) is 20.3 Å². The zero-order valence-corrected chi connectivity index (χ0v) is 19.1. The average Bonchev–Trinajstić information content (AvgIpc) is 2.81. The summed E-state index contributed by atoms with van der Waals surface area (Å²) >= 11 is 0. The maximum absolute atomic E-state index is 12.7. The number of aromatic hydroxyl groups is 1. The maximum atomic E-state index is 12.7. The monoisotopic (exact) mass is 486 g/mol. The third kappa shape index (κ3) is 5.72. The van der Waals surface area contributed by atoms with Crippen LogP contribution in [0.15, 0.2) is 70.7 Å². The number of nitrogens with zero attached hydrogens (tertiary/aromatic N) is 2. The molecule has 0 fully saturated rings. The Hall–Kier alpha value is -4.32. The molecule has 178 valence electrons. The summed E-state index contributed by atoms with van der Waals surface area (Å²) in [6.45, 7) is 2.14. The quantitative estimate of drug-likeness (QED) is 0.221. The Kier molecular flexibility index (Phi) is 7.53. The Bertz CT molecular complexity index is 1310. The maximum Gasteiger partial charge on any atom is 0.295 e. The van der Waals surface area contributed by atoms with E-state index in [2.05, 4.69) is 15.2 Å². The third-order valence-corrected chi connectivity index (χ3v) is 5.92. The number of phenols is 1. The molecule has 0 unspecified atom stereocenters. The minimum atomic E-state index is -4.09. The molecule has 11 nitrogen and oxygen atoms in total. The largest absolute Gasteiger partial charge is 0.504 e. The molecule has 0 aliphatic rings. The van der Waals surface area contributed by atoms with E-state index in [9.17, 15) is 23.6 Å². The fraction of sp³-hybridized carbons (Fsp3) is 0.136. The summed E-state index contributed by atoms with van der Waals surface area (Å²) in [5, 5.41) is 25.7. The van der Waals surface area contributed by atoms with Crippen molar-refractivity contribution in [3.8, 4) is 17.2 Å². The summed E-state index contributed by atoms with van der Waals surface area (Å²) in [4.78, 5) is 10.5. The van der Waals surface area contributed by atoms with Crippen molar-refractivity contribution < 1.29 is 27.9 Å². The minimum Gasteiger partial charge on any atom is -0.504 e. The van der Waals surface area contributed by atoms with Crippen LogP contribution in [-0.2, 0) is 10.0 Å². The molecule has 3 rings (SSSR count). The molecule has 0 saturated heterocycles. The van der Waals surface area contributed by atoms with Gasteiger partial charge in [0.15, 0.2) is 11.5 Å². The van der Waals surface area contributed by atoms with Crippen LogP contribution in [0, 0.1) is 10.1 Å². The molecule has 0 heterocycles. The van der Waals surface area contributed by atoms with E-state index in [1.165, 1.54) is 37.6 Å². The first-order valence-electron chi connectivity index (χ1n) is 9.94. The van der Waals surface area contributed by atoms with E-state index in [1.54, 1.807) is 37.3 Å². The van der Waals surface area contributed by atoms with E-state index < -0.39 is 20.6 Å². The number of rotatable bonds is 10. The van der Waals surface area contributed by atoms with Crippen molar-refractivity contribution in [1.29, 1.82) is 0 Å². The second-order valence-corrected chi connectivity index (χ2v) is 8.45. The second-order valence-electron chi connectivity index (χ2n) is 6.77. The van der Waals surface area contributed by atoms with Crippen LogP contribution in [0.4, 0.5) is 17.1 Å². The van der Waals surface area contributed by atoms with Gasteiger partial charge < -0.3 is 14.6 Å². The molecule has 0 saturated carbocycles. The number of hydrazone groups is 1. The molecule has 3 aromatic rings. The lowest BCUT2D eigenvalue weighted by Crippen LogP contribution is -2.13. The number of phenolic OH excluding ortho intramolecular Hbond substituents is 1. The number of methoxy groups -OCH3 is 1. The van der Waals surface area contributed by atoms with Gasteiger partial charge in [0, 0.05) is 17.3 Å². The molecule has 0 spiro atoms. The van der Waals surface area contributed by atoms with E-state index in [0.717, 1.165) is 6.07 Å². The second kappa shape index (κ2) is 10.5. The highest BCUT2D eigenvalue weighted by molar-refractivity contribution is 7.92. The van der Waals surface area contributed by atoms with Gasteiger partial charge in [-0.15, -0.1) is 0 Å². The predicted molar refractivity (Wildman–Crippen MR) is 127 cm³/mol. The van der Waals surface area contributed by atoms with Crippen molar-refractivity contribution in [2.75, 3.05) is 23.9 Å². The molecule has 3 N–H and O–H groups in total. The van der Waals surface area contributed by atoms with Gasteiger partial charge in [-0.05, 0) is 55.5 Å². The van der Waals surface area contributed by atoms with Crippen LogP contribution >= 0.6 is 0 Å². The minimum absolute atomic E-state index is 0.0369. The smallest absolute Gasteiger partial charge is 0.295 e. The highest BCUT2D eigenvalue weighted by Crippen LogP contribution is 2.30. The number of para-hydroxylation sites is 1. The van der Waals surface area contributed by atoms with E-state index >= 15 is 0 Å². The summed E-state index contributed by atoms with van der Waals surface area (Å²) in [5.74, 6) is 0.694. The normalized spacial score (nSPS) is 11.2. The van der Waals surface area contributed by atoms with Crippen LogP contribution in [0.3, 0.4) is 0 Å². The van der Waals surface area contributed by atoms with Crippen molar-refractivity contribution in [2.45, 2.75) is 11.8 Å². The lowest BCUT2D eigenvalue weighted by atomic mass is 10.2. The average molecular weight is 487 g/mol. The highest BCUT2D eigenvalue weighted by atomic mass is 32.2. The zero-order chi connectivity index (χ0) is 24.7. The third-order valence-electron chi connectivity index (χ3n) is 4.54. The van der Waals surface area contributed by atoms with Crippen LogP contribution in [-0.4, -0.2) is 38.4 Å². The molecular weight excluding hydrogens is 464 g/mol. The molecule has 0 bridgehead atoms. The van der Waals surface area contributed by atoms with E-state index in [0.29, 0.717) is 17.9 Å². The van der Waals surface area contributed by atoms with Crippen molar-refractivity contribution >= 4 is 33.3 Å². The number of benzene rings is 3. The number of anilines is 2. The SMILES string of the molecule is CCOc1cccc(C=NNc2ccc(S(=O)(=O)Nc3ccc(OC)cc3)cc2[N+](=O)[O-])c1O. The molecule has 0 aliphatic carbocycles. The summed E-state index contributed by atoms with van der Waals surface area (Å²) in [6, 6.07) is 14.4. The first kappa shape index (κ1) is 24.3. The molecule has 0 amide bonds. The topological polar surface area (TPSA) is 152 Å². The van der Waals surface area contributed by atoms with E-state index in [4.69, 9.17) is 9.47 Å². The van der Waals surface area contributed by atoms with Crippen LogP contribution in [0.25, 0.3) is 0 Å². The van der Waals surface area contributed by atoms with Crippen molar-refractivity contribution in [1.82, 2.24) is 0 Å². The molecule has 3 aromatic carbocycles. The lowest BCUT2D eigenvalue weighted by Gasteiger charge is -2.10. The summed E-state index contributed by atoms with van der Waals surface area (Å²) in [5.41, 5.74) is 2.57. The van der Waals surface area contributed by atoms with Crippen molar-refractivity contribution in [3.05, 3.63) is 76.3 Å². The van der Waals surface area contributed by atoms with Gasteiger partial charge in [0.1, 0.15) is 11.4 Å². The summed E-state index contributed by atoms with van der Waals surface area (Å²) in [6.07, 6.45) is 1.26.